The quantitative estimate of drug-likeness (QED) is 0.499. The fourth-order valence-electron chi connectivity index (χ4n) is 3.27. The minimum absolute atomic E-state index is 0.150. The van der Waals surface area contributed by atoms with Gasteiger partial charge in [0.05, 0.1) is 33.0 Å². The zero-order chi connectivity index (χ0) is 21.3. The first-order chi connectivity index (χ1) is 14.5. The number of aryl methyl sites for hydroxylation is 1. The molecule has 3 aromatic heterocycles. The van der Waals surface area contributed by atoms with Crippen molar-refractivity contribution in [1.29, 1.82) is 0 Å². The van der Waals surface area contributed by atoms with Crippen LogP contribution in [0.15, 0.2) is 51.4 Å². The SMILES string of the molecule is CCn1c(=O)c2ccccc2n(CC(=O)NCc2ccc(-c3csc(C)n3)s2)c1=O. The van der Waals surface area contributed by atoms with Crippen LogP contribution in [0.1, 0.15) is 16.8 Å². The minimum atomic E-state index is -0.478. The number of thiazole rings is 1. The number of fused-ring (bicyclic) bond motifs is 1. The number of carbonyl (C=O) groups is 1. The summed E-state index contributed by atoms with van der Waals surface area (Å²) in [6.45, 7) is 4.17. The number of rotatable bonds is 6. The van der Waals surface area contributed by atoms with E-state index < -0.39 is 5.69 Å². The van der Waals surface area contributed by atoms with Crippen LogP contribution in [-0.2, 0) is 24.4 Å². The van der Waals surface area contributed by atoms with Crippen LogP contribution < -0.4 is 16.6 Å². The number of nitrogens with zero attached hydrogens (tertiary/aromatic N) is 3. The minimum Gasteiger partial charge on any atom is -0.350 e. The predicted molar refractivity (Wildman–Crippen MR) is 120 cm³/mol. The molecule has 0 aliphatic heterocycles. The van der Waals surface area contributed by atoms with Crippen LogP contribution >= 0.6 is 22.7 Å². The van der Waals surface area contributed by atoms with E-state index in [1.807, 2.05) is 24.4 Å². The molecule has 0 atom stereocenters. The average Bonchev–Trinajstić information content (AvgIpc) is 3.39. The van der Waals surface area contributed by atoms with Crippen molar-refractivity contribution in [1.82, 2.24) is 19.4 Å². The summed E-state index contributed by atoms with van der Waals surface area (Å²) in [7, 11) is 0. The maximum absolute atomic E-state index is 12.7. The lowest BCUT2D eigenvalue weighted by Gasteiger charge is -2.13. The smallest absolute Gasteiger partial charge is 0.331 e. The number of para-hydroxylation sites is 1. The maximum atomic E-state index is 12.7. The van der Waals surface area contributed by atoms with Crippen LogP contribution in [0.2, 0.25) is 0 Å². The van der Waals surface area contributed by atoms with Gasteiger partial charge in [0.1, 0.15) is 6.54 Å². The fraction of sp³-hybridized carbons (Fsp3) is 0.238. The van der Waals surface area contributed by atoms with Gasteiger partial charge in [-0.3, -0.25) is 18.7 Å². The van der Waals surface area contributed by atoms with Gasteiger partial charge in [-0.15, -0.1) is 22.7 Å². The standard InChI is InChI=1S/C21H20N4O3S2/c1-3-24-20(27)15-6-4-5-7-17(15)25(21(24)28)11-19(26)22-10-14-8-9-18(30-14)16-12-29-13(2)23-16/h4-9,12H,3,10-11H2,1-2H3,(H,22,26). The lowest BCUT2D eigenvalue weighted by atomic mass is 10.2. The number of amides is 1. The Kier molecular flexibility index (Phi) is 5.65. The van der Waals surface area contributed by atoms with E-state index in [2.05, 4.69) is 10.3 Å². The van der Waals surface area contributed by atoms with Gasteiger partial charge in [0.15, 0.2) is 0 Å². The Labute approximate surface area is 180 Å². The average molecular weight is 441 g/mol. The van der Waals surface area contributed by atoms with Gasteiger partial charge in [-0.1, -0.05) is 12.1 Å². The molecule has 7 nitrogen and oxygen atoms in total. The van der Waals surface area contributed by atoms with E-state index >= 15 is 0 Å². The number of benzene rings is 1. The molecule has 0 aliphatic carbocycles. The number of nitrogens with one attached hydrogen (secondary N) is 1. The van der Waals surface area contributed by atoms with Crippen molar-refractivity contribution in [3.63, 3.8) is 0 Å². The third-order valence-corrected chi connectivity index (χ3v) is 6.62. The summed E-state index contributed by atoms with van der Waals surface area (Å²) in [6, 6.07) is 10.8. The Morgan fingerprint density at radius 2 is 1.93 bits per heavy atom. The van der Waals surface area contributed by atoms with Crippen molar-refractivity contribution < 1.29 is 4.79 Å². The lowest BCUT2D eigenvalue weighted by molar-refractivity contribution is -0.121. The number of thiophene rings is 1. The summed E-state index contributed by atoms with van der Waals surface area (Å²) in [4.78, 5) is 44.4. The highest BCUT2D eigenvalue weighted by atomic mass is 32.1. The molecule has 1 N–H and O–H groups in total. The highest BCUT2D eigenvalue weighted by Gasteiger charge is 2.14. The molecule has 0 saturated heterocycles. The van der Waals surface area contributed by atoms with E-state index in [0.29, 0.717) is 17.4 Å². The first-order valence-corrected chi connectivity index (χ1v) is 11.2. The topological polar surface area (TPSA) is 86.0 Å². The molecular formula is C21H20N4O3S2. The molecule has 3 heterocycles. The van der Waals surface area contributed by atoms with Crippen LogP contribution in [-0.4, -0.2) is 20.0 Å². The van der Waals surface area contributed by atoms with E-state index in [9.17, 15) is 14.4 Å². The van der Waals surface area contributed by atoms with E-state index in [-0.39, 0.29) is 24.6 Å². The molecule has 0 bridgehead atoms. The highest BCUT2D eigenvalue weighted by molar-refractivity contribution is 7.16. The van der Waals surface area contributed by atoms with E-state index in [0.717, 1.165) is 25.0 Å². The second-order valence-corrected chi connectivity index (χ2v) is 8.96. The van der Waals surface area contributed by atoms with E-state index in [4.69, 9.17) is 0 Å². The Balaban J connectivity index is 1.52. The molecule has 9 heteroatoms. The summed E-state index contributed by atoms with van der Waals surface area (Å²) < 4.78 is 2.50. The Morgan fingerprint density at radius 3 is 2.67 bits per heavy atom. The van der Waals surface area contributed by atoms with Gasteiger partial charge < -0.3 is 5.32 Å². The maximum Gasteiger partial charge on any atom is 0.331 e. The van der Waals surface area contributed by atoms with Gasteiger partial charge in [0, 0.05) is 16.8 Å². The molecule has 0 radical (unpaired) electrons. The molecule has 0 aliphatic rings. The van der Waals surface area contributed by atoms with Crippen molar-refractivity contribution in [3.05, 3.63) is 72.5 Å². The van der Waals surface area contributed by atoms with Crippen LogP contribution in [0.5, 0.6) is 0 Å². The normalized spacial score (nSPS) is 11.1. The Hall–Kier alpha value is -3.04. The van der Waals surface area contributed by atoms with Crippen LogP contribution in [0.25, 0.3) is 21.5 Å². The van der Waals surface area contributed by atoms with Crippen LogP contribution in [0.3, 0.4) is 0 Å². The number of aromatic nitrogens is 3. The van der Waals surface area contributed by atoms with Crippen molar-refractivity contribution >= 4 is 39.5 Å². The summed E-state index contributed by atoms with van der Waals surface area (Å²) in [6.07, 6.45) is 0. The molecule has 154 valence electrons. The lowest BCUT2D eigenvalue weighted by Crippen LogP contribution is -2.42. The molecule has 30 heavy (non-hydrogen) atoms. The molecule has 0 fully saturated rings. The van der Waals surface area contributed by atoms with Gasteiger partial charge in [-0.05, 0) is 38.1 Å². The van der Waals surface area contributed by atoms with Crippen LogP contribution in [0.4, 0.5) is 0 Å². The molecule has 4 aromatic rings. The van der Waals surface area contributed by atoms with Crippen molar-refractivity contribution in [2.75, 3.05) is 0 Å². The van der Waals surface area contributed by atoms with Crippen molar-refractivity contribution in [2.45, 2.75) is 33.5 Å². The van der Waals surface area contributed by atoms with Crippen molar-refractivity contribution in [2.24, 2.45) is 0 Å². The van der Waals surface area contributed by atoms with Crippen molar-refractivity contribution in [3.8, 4) is 10.6 Å². The zero-order valence-corrected chi connectivity index (χ0v) is 18.2. The number of hydrogen-bond acceptors (Lipinski definition) is 6. The largest absolute Gasteiger partial charge is 0.350 e. The fourth-order valence-corrected chi connectivity index (χ4v) is 4.87. The van der Waals surface area contributed by atoms with Gasteiger partial charge in [-0.25, -0.2) is 9.78 Å². The van der Waals surface area contributed by atoms with E-state index in [1.165, 1.54) is 4.57 Å². The number of carbonyl (C=O) groups excluding carboxylic acids is 1. The summed E-state index contributed by atoms with van der Waals surface area (Å²) in [5.74, 6) is -0.289. The van der Waals surface area contributed by atoms with Gasteiger partial charge in [0.2, 0.25) is 5.91 Å². The summed E-state index contributed by atoms with van der Waals surface area (Å²) in [5.41, 5.74) is 0.594. The zero-order valence-electron chi connectivity index (χ0n) is 16.5. The summed E-state index contributed by atoms with van der Waals surface area (Å²) in [5, 5.41) is 6.32. The van der Waals surface area contributed by atoms with Gasteiger partial charge in [0.25, 0.3) is 5.56 Å². The first kappa shape index (κ1) is 20.2. The summed E-state index contributed by atoms with van der Waals surface area (Å²) >= 11 is 3.18. The second kappa shape index (κ2) is 8.37. The molecule has 0 saturated carbocycles. The van der Waals surface area contributed by atoms with Gasteiger partial charge >= 0.3 is 5.69 Å². The highest BCUT2D eigenvalue weighted by Crippen LogP contribution is 2.28. The molecule has 0 spiro atoms. The Morgan fingerprint density at radius 1 is 1.13 bits per heavy atom. The Bertz CT molecular complexity index is 1350. The predicted octanol–water partition coefficient (Wildman–Crippen LogP) is 2.99. The molecule has 1 amide bonds. The second-order valence-electron chi connectivity index (χ2n) is 6.73. The molecule has 0 unspecified atom stereocenters. The molecule has 1 aromatic carbocycles. The van der Waals surface area contributed by atoms with Crippen LogP contribution in [0, 0.1) is 6.92 Å². The van der Waals surface area contributed by atoms with E-state index in [1.54, 1.807) is 53.9 Å². The molecule has 4 rings (SSSR count). The third kappa shape index (κ3) is 3.86. The molecular weight excluding hydrogens is 420 g/mol. The third-order valence-electron chi connectivity index (χ3n) is 4.74. The monoisotopic (exact) mass is 440 g/mol. The number of hydrogen-bond donors (Lipinski definition) is 1. The van der Waals surface area contributed by atoms with Gasteiger partial charge in [-0.2, -0.15) is 0 Å². The first-order valence-electron chi connectivity index (χ1n) is 9.48.